The molecule has 0 spiro atoms. The van der Waals surface area contributed by atoms with Gasteiger partial charge in [-0.1, -0.05) is 0 Å². The van der Waals surface area contributed by atoms with E-state index in [-0.39, 0.29) is 29.1 Å². The first-order valence-corrected chi connectivity index (χ1v) is 9.33. The number of pyridine rings is 1. The number of carboxylic acid groups (broad SMARTS) is 1. The molecule has 3 fully saturated rings. The standard InChI is InChI=1S/C19H20F2N4O3/c20-13-12(19-3-10(22)9(19)4-24-6-19)14(21)16-11(15(13)23)17(26)8(18(27)28)5-25(16)7-1-2-7/h5,7,9-10,24H,1-4,6,22-23H2,(H,27,28)/t9-,10-,19+/m0/s1. The zero-order valence-corrected chi connectivity index (χ0v) is 15.0. The Bertz CT molecular complexity index is 1110. The van der Waals surface area contributed by atoms with Gasteiger partial charge < -0.3 is 26.5 Å². The predicted octanol–water partition coefficient (Wildman–Crippen LogP) is 1.08. The highest BCUT2D eigenvalue weighted by molar-refractivity contribution is 5.98. The lowest BCUT2D eigenvalue weighted by molar-refractivity contribution is 0.0694. The number of benzene rings is 1. The van der Waals surface area contributed by atoms with Crippen LogP contribution in [-0.2, 0) is 5.41 Å². The van der Waals surface area contributed by atoms with Crippen LogP contribution >= 0.6 is 0 Å². The van der Waals surface area contributed by atoms with Gasteiger partial charge in [0.2, 0.25) is 5.43 Å². The Morgan fingerprint density at radius 1 is 1.32 bits per heavy atom. The number of carbonyl (C=O) groups is 1. The summed E-state index contributed by atoms with van der Waals surface area (Å²) in [7, 11) is 0. The van der Waals surface area contributed by atoms with Crippen LogP contribution in [0.25, 0.3) is 10.9 Å². The molecule has 0 bridgehead atoms. The van der Waals surface area contributed by atoms with Crippen molar-refractivity contribution in [2.45, 2.75) is 36.8 Å². The van der Waals surface area contributed by atoms with Crippen molar-refractivity contribution in [1.29, 1.82) is 0 Å². The van der Waals surface area contributed by atoms with Crippen molar-refractivity contribution < 1.29 is 18.7 Å². The topological polar surface area (TPSA) is 123 Å². The summed E-state index contributed by atoms with van der Waals surface area (Å²) >= 11 is 0. The van der Waals surface area contributed by atoms with Crippen molar-refractivity contribution >= 4 is 22.6 Å². The molecule has 1 aromatic carbocycles. The van der Waals surface area contributed by atoms with Crippen LogP contribution in [0.3, 0.4) is 0 Å². The zero-order chi connectivity index (χ0) is 20.0. The normalized spacial score (nSPS) is 29.0. The second kappa shape index (κ2) is 5.51. The van der Waals surface area contributed by atoms with E-state index < -0.39 is 45.1 Å². The number of nitrogen functional groups attached to an aromatic ring is 1. The molecule has 1 aliphatic heterocycles. The highest BCUT2D eigenvalue weighted by atomic mass is 19.1. The van der Waals surface area contributed by atoms with Gasteiger partial charge in [-0.15, -0.1) is 0 Å². The molecular formula is C19H20F2N4O3. The minimum absolute atomic E-state index is 0.105. The number of hydrogen-bond acceptors (Lipinski definition) is 5. The Morgan fingerprint density at radius 2 is 2.04 bits per heavy atom. The molecule has 1 saturated heterocycles. The monoisotopic (exact) mass is 390 g/mol. The molecule has 0 unspecified atom stereocenters. The van der Waals surface area contributed by atoms with Crippen LogP contribution in [0.5, 0.6) is 0 Å². The number of nitrogens with one attached hydrogen (secondary N) is 1. The molecule has 5 rings (SSSR count). The van der Waals surface area contributed by atoms with Gasteiger partial charge in [-0.3, -0.25) is 4.79 Å². The number of fused-ring (bicyclic) bond motifs is 2. The molecule has 7 nitrogen and oxygen atoms in total. The van der Waals surface area contributed by atoms with Crippen molar-refractivity contribution in [3.05, 3.63) is 39.2 Å². The molecule has 28 heavy (non-hydrogen) atoms. The first-order chi connectivity index (χ1) is 13.3. The number of rotatable bonds is 3. The van der Waals surface area contributed by atoms with E-state index in [0.29, 0.717) is 19.5 Å². The summed E-state index contributed by atoms with van der Waals surface area (Å²) in [5.41, 5.74) is 9.01. The average molecular weight is 390 g/mol. The third kappa shape index (κ3) is 2.03. The van der Waals surface area contributed by atoms with E-state index >= 15 is 8.78 Å². The van der Waals surface area contributed by atoms with E-state index in [0.717, 1.165) is 19.0 Å². The van der Waals surface area contributed by atoms with Gasteiger partial charge in [0.1, 0.15) is 5.56 Å². The zero-order valence-electron chi connectivity index (χ0n) is 15.0. The average Bonchev–Trinajstić information content (AvgIpc) is 3.42. The minimum atomic E-state index is -1.45. The lowest BCUT2D eigenvalue weighted by Crippen LogP contribution is -2.59. The van der Waals surface area contributed by atoms with Crippen molar-refractivity contribution in [1.82, 2.24) is 9.88 Å². The van der Waals surface area contributed by atoms with E-state index in [4.69, 9.17) is 11.5 Å². The number of nitrogens with zero attached hydrogens (tertiary/aromatic N) is 1. The van der Waals surface area contributed by atoms with Gasteiger partial charge in [0, 0.05) is 42.3 Å². The third-order valence-electron chi connectivity index (χ3n) is 6.69. The number of halogens is 2. The number of carboxylic acids is 1. The van der Waals surface area contributed by atoms with Crippen molar-refractivity contribution in [3.8, 4) is 0 Å². The van der Waals surface area contributed by atoms with Gasteiger partial charge in [0.25, 0.3) is 0 Å². The van der Waals surface area contributed by atoms with Gasteiger partial charge in [-0.2, -0.15) is 0 Å². The highest BCUT2D eigenvalue weighted by Gasteiger charge is 2.58. The van der Waals surface area contributed by atoms with Crippen LogP contribution in [0.15, 0.2) is 11.0 Å². The SMILES string of the molecule is Nc1c(F)c([C@]23CNC[C@H]2[C@@H](N)C3)c(F)c2c1c(=O)c(C(=O)O)cn2C1CC1. The van der Waals surface area contributed by atoms with Crippen LogP contribution in [-0.4, -0.2) is 34.8 Å². The lowest BCUT2D eigenvalue weighted by Gasteiger charge is -2.50. The smallest absolute Gasteiger partial charge is 0.341 e. The third-order valence-corrected chi connectivity index (χ3v) is 6.69. The van der Waals surface area contributed by atoms with Gasteiger partial charge >= 0.3 is 5.97 Å². The van der Waals surface area contributed by atoms with E-state index in [1.54, 1.807) is 0 Å². The van der Waals surface area contributed by atoms with Crippen molar-refractivity contribution in [3.63, 3.8) is 0 Å². The quantitative estimate of drug-likeness (QED) is 0.582. The Kier molecular flexibility index (Phi) is 3.46. The Balaban J connectivity index is 1.89. The molecule has 6 N–H and O–H groups in total. The first kappa shape index (κ1) is 17.6. The molecule has 2 saturated carbocycles. The van der Waals surface area contributed by atoms with Gasteiger partial charge in [-0.25, -0.2) is 13.6 Å². The fourth-order valence-corrected chi connectivity index (χ4v) is 5.14. The highest BCUT2D eigenvalue weighted by Crippen LogP contribution is 2.53. The molecule has 148 valence electrons. The van der Waals surface area contributed by atoms with Gasteiger partial charge in [0.05, 0.1) is 16.6 Å². The van der Waals surface area contributed by atoms with Crippen LogP contribution in [0.4, 0.5) is 14.5 Å². The van der Waals surface area contributed by atoms with Crippen LogP contribution in [0, 0.1) is 17.6 Å². The number of aromatic nitrogens is 1. The first-order valence-electron chi connectivity index (χ1n) is 9.33. The van der Waals surface area contributed by atoms with E-state index in [1.807, 2.05) is 0 Å². The van der Waals surface area contributed by atoms with E-state index in [9.17, 15) is 14.7 Å². The molecule has 0 amide bonds. The Labute approximate surface area is 158 Å². The van der Waals surface area contributed by atoms with Crippen LogP contribution in [0.1, 0.15) is 41.2 Å². The maximum absolute atomic E-state index is 15.8. The summed E-state index contributed by atoms with van der Waals surface area (Å²) in [4.78, 5) is 24.2. The molecule has 0 radical (unpaired) electrons. The summed E-state index contributed by atoms with van der Waals surface area (Å²) in [5, 5.41) is 12.1. The van der Waals surface area contributed by atoms with Crippen LogP contribution in [0.2, 0.25) is 0 Å². The molecule has 2 heterocycles. The molecule has 1 aromatic heterocycles. The minimum Gasteiger partial charge on any atom is -0.477 e. The fourth-order valence-electron chi connectivity index (χ4n) is 5.14. The lowest BCUT2D eigenvalue weighted by atomic mass is 9.55. The second-order valence-corrected chi connectivity index (χ2v) is 8.22. The molecule has 2 aromatic rings. The largest absolute Gasteiger partial charge is 0.477 e. The fraction of sp³-hybridized carbons (Fsp3) is 0.474. The van der Waals surface area contributed by atoms with E-state index in [2.05, 4.69) is 5.32 Å². The molecule has 2 aliphatic carbocycles. The number of aromatic carboxylic acids is 1. The molecular weight excluding hydrogens is 370 g/mol. The number of anilines is 1. The summed E-state index contributed by atoms with van der Waals surface area (Å²) in [6.07, 6.45) is 3.03. The molecule has 3 atom stereocenters. The maximum atomic E-state index is 15.8. The van der Waals surface area contributed by atoms with E-state index in [1.165, 1.54) is 4.57 Å². The Morgan fingerprint density at radius 3 is 2.64 bits per heavy atom. The number of nitrogens with two attached hydrogens (primary N) is 2. The van der Waals surface area contributed by atoms with Gasteiger partial charge in [-0.05, 0) is 25.2 Å². The second-order valence-electron chi connectivity index (χ2n) is 8.22. The predicted molar refractivity (Wildman–Crippen MR) is 98.4 cm³/mol. The summed E-state index contributed by atoms with van der Waals surface area (Å²) < 4.78 is 32.6. The van der Waals surface area contributed by atoms with Crippen molar-refractivity contribution in [2.24, 2.45) is 11.7 Å². The van der Waals surface area contributed by atoms with Crippen molar-refractivity contribution in [2.75, 3.05) is 18.8 Å². The molecule has 3 aliphatic rings. The van der Waals surface area contributed by atoms with Crippen LogP contribution < -0.4 is 22.2 Å². The number of hydrogen-bond donors (Lipinski definition) is 4. The molecule has 9 heteroatoms. The summed E-state index contributed by atoms with van der Waals surface area (Å²) in [5.74, 6) is -3.38. The Hall–Kier alpha value is -2.52. The maximum Gasteiger partial charge on any atom is 0.341 e. The summed E-state index contributed by atoms with van der Waals surface area (Å²) in [6, 6.07) is -0.294. The summed E-state index contributed by atoms with van der Waals surface area (Å²) in [6.45, 7) is 0.941. The van der Waals surface area contributed by atoms with Gasteiger partial charge in [0.15, 0.2) is 11.6 Å².